The van der Waals surface area contributed by atoms with Crippen molar-refractivity contribution >= 4 is 54.8 Å². The number of aryl methyl sites for hydroxylation is 1. The Morgan fingerprint density at radius 3 is 2.37 bits per heavy atom. The first-order valence-corrected chi connectivity index (χ1v) is 11.8. The van der Waals surface area contributed by atoms with Crippen LogP contribution in [0.1, 0.15) is 12.5 Å². The number of anilines is 2. The van der Waals surface area contributed by atoms with Gasteiger partial charge in [-0.1, -0.05) is 54.9 Å². The molecule has 8 heteroatoms. The molecule has 156 valence electrons. The molecule has 0 unspecified atom stereocenters. The minimum Gasteiger partial charge on any atom is -0.324 e. The second-order valence-corrected chi connectivity index (χ2v) is 9.61. The van der Waals surface area contributed by atoms with E-state index in [0.29, 0.717) is 27.3 Å². The highest BCUT2D eigenvalue weighted by atomic mass is 79.9. The van der Waals surface area contributed by atoms with Crippen molar-refractivity contribution in [1.29, 1.82) is 0 Å². The first kappa shape index (κ1) is 22.3. The third-order valence-electron chi connectivity index (χ3n) is 4.46. The van der Waals surface area contributed by atoms with E-state index in [1.54, 1.807) is 48.5 Å². The normalized spacial score (nSPS) is 11.2. The van der Waals surface area contributed by atoms with Gasteiger partial charge in [0.25, 0.3) is 10.0 Å². The summed E-state index contributed by atoms with van der Waals surface area (Å²) in [6.45, 7) is 1.57. The van der Waals surface area contributed by atoms with Crippen molar-refractivity contribution in [3.05, 3.63) is 87.9 Å². The lowest BCUT2D eigenvalue weighted by Gasteiger charge is -2.26. The van der Waals surface area contributed by atoms with Crippen molar-refractivity contribution < 1.29 is 13.2 Å². The number of hydrogen-bond acceptors (Lipinski definition) is 3. The Balaban J connectivity index is 1.97. The molecule has 1 N–H and O–H groups in total. The Morgan fingerprint density at radius 2 is 1.70 bits per heavy atom. The molecule has 0 aliphatic carbocycles. The van der Waals surface area contributed by atoms with Gasteiger partial charge in [-0.2, -0.15) is 0 Å². The van der Waals surface area contributed by atoms with Crippen LogP contribution in [0.5, 0.6) is 0 Å². The van der Waals surface area contributed by atoms with E-state index in [1.165, 1.54) is 12.1 Å². The highest BCUT2D eigenvalue weighted by molar-refractivity contribution is 9.10. The quantitative estimate of drug-likeness (QED) is 0.459. The molecule has 0 saturated carbocycles. The first-order valence-electron chi connectivity index (χ1n) is 9.23. The van der Waals surface area contributed by atoms with Crippen LogP contribution in [0.4, 0.5) is 11.4 Å². The van der Waals surface area contributed by atoms with Gasteiger partial charge in [0.05, 0.1) is 15.6 Å². The summed E-state index contributed by atoms with van der Waals surface area (Å²) in [6.07, 6.45) is 0.626. The summed E-state index contributed by atoms with van der Waals surface area (Å²) in [6, 6.07) is 20.2. The lowest BCUT2D eigenvalue weighted by Crippen LogP contribution is -2.38. The lowest BCUT2D eigenvalue weighted by atomic mass is 10.1. The number of halogens is 2. The summed E-state index contributed by atoms with van der Waals surface area (Å²) >= 11 is 9.39. The summed E-state index contributed by atoms with van der Waals surface area (Å²) in [5.41, 5.74) is 1.79. The summed E-state index contributed by atoms with van der Waals surface area (Å²) in [5.74, 6) is -0.473. The molecular formula is C22H20BrClN2O3S. The van der Waals surface area contributed by atoms with E-state index < -0.39 is 15.9 Å². The topological polar surface area (TPSA) is 66.5 Å². The van der Waals surface area contributed by atoms with E-state index >= 15 is 0 Å². The van der Waals surface area contributed by atoms with Crippen LogP contribution in [-0.4, -0.2) is 20.9 Å². The number of nitrogens with zero attached hydrogens (tertiary/aromatic N) is 1. The van der Waals surface area contributed by atoms with E-state index in [-0.39, 0.29) is 11.4 Å². The zero-order valence-corrected chi connectivity index (χ0v) is 19.3. The van der Waals surface area contributed by atoms with Gasteiger partial charge in [0, 0.05) is 10.2 Å². The summed E-state index contributed by atoms with van der Waals surface area (Å²) in [5, 5.41) is 3.16. The third kappa shape index (κ3) is 5.03. The number of rotatable bonds is 7. The summed E-state index contributed by atoms with van der Waals surface area (Å²) in [7, 11) is -3.95. The van der Waals surface area contributed by atoms with Crippen molar-refractivity contribution in [3.63, 3.8) is 0 Å². The van der Waals surface area contributed by atoms with Gasteiger partial charge in [-0.25, -0.2) is 8.42 Å². The van der Waals surface area contributed by atoms with Crippen molar-refractivity contribution in [1.82, 2.24) is 0 Å². The van der Waals surface area contributed by atoms with Crippen LogP contribution in [0.2, 0.25) is 5.02 Å². The minimum absolute atomic E-state index is 0.121. The Kier molecular flexibility index (Phi) is 7.18. The smallest absolute Gasteiger partial charge is 0.264 e. The molecule has 3 rings (SSSR count). The van der Waals surface area contributed by atoms with Crippen LogP contribution in [0, 0.1) is 0 Å². The van der Waals surface area contributed by atoms with Gasteiger partial charge < -0.3 is 5.32 Å². The Labute approximate surface area is 189 Å². The van der Waals surface area contributed by atoms with Crippen molar-refractivity contribution in [2.24, 2.45) is 0 Å². The van der Waals surface area contributed by atoms with E-state index in [4.69, 9.17) is 11.6 Å². The van der Waals surface area contributed by atoms with Gasteiger partial charge in [-0.3, -0.25) is 9.10 Å². The largest absolute Gasteiger partial charge is 0.324 e. The number of nitrogens with one attached hydrogen (secondary N) is 1. The van der Waals surface area contributed by atoms with Crippen LogP contribution in [-0.2, 0) is 21.2 Å². The van der Waals surface area contributed by atoms with Gasteiger partial charge in [0.2, 0.25) is 5.91 Å². The fourth-order valence-corrected chi connectivity index (χ4v) is 4.88. The van der Waals surface area contributed by atoms with Crippen LogP contribution < -0.4 is 9.62 Å². The predicted octanol–water partition coefficient (Wildman–Crippen LogP) is 5.50. The Hall–Kier alpha value is -2.35. The molecule has 0 bridgehead atoms. The summed E-state index contributed by atoms with van der Waals surface area (Å²) < 4.78 is 28.7. The average Bonchev–Trinajstić information content (AvgIpc) is 2.75. The van der Waals surface area contributed by atoms with Gasteiger partial charge in [0.15, 0.2) is 0 Å². The number of carbonyl (C=O) groups excluding carboxylic acids is 1. The van der Waals surface area contributed by atoms with Crippen molar-refractivity contribution in [3.8, 4) is 0 Å². The zero-order valence-electron chi connectivity index (χ0n) is 16.2. The van der Waals surface area contributed by atoms with Crippen LogP contribution in [0.15, 0.2) is 82.2 Å². The van der Waals surface area contributed by atoms with Gasteiger partial charge >= 0.3 is 0 Å². The molecule has 3 aromatic carbocycles. The molecule has 1 amide bonds. The van der Waals surface area contributed by atoms with E-state index in [2.05, 4.69) is 21.2 Å². The number of hydrogen-bond donors (Lipinski definition) is 1. The molecule has 3 aromatic rings. The molecule has 0 aromatic heterocycles. The second-order valence-electron chi connectivity index (χ2n) is 6.48. The molecule has 0 atom stereocenters. The minimum atomic E-state index is -3.95. The molecule has 0 fully saturated rings. The van der Waals surface area contributed by atoms with E-state index in [0.717, 1.165) is 9.87 Å². The molecule has 0 saturated heterocycles. The average molecular weight is 508 g/mol. The number of benzene rings is 3. The van der Waals surface area contributed by atoms with Crippen LogP contribution >= 0.6 is 27.5 Å². The highest BCUT2D eigenvalue weighted by Crippen LogP contribution is 2.28. The molecule has 30 heavy (non-hydrogen) atoms. The lowest BCUT2D eigenvalue weighted by molar-refractivity contribution is -0.114. The Bertz CT molecular complexity index is 1150. The molecule has 5 nitrogen and oxygen atoms in total. The molecule has 0 spiro atoms. The molecule has 0 heterocycles. The van der Waals surface area contributed by atoms with E-state index in [9.17, 15) is 13.2 Å². The fraction of sp³-hybridized carbons (Fsp3) is 0.136. The predicted molar refractivity (Wildman–Crippen MR) is 125 cm³/mol. The summed E-state index contributed by atoms with van der Waals surface area (Å²) in [4.78, 5) is 12.9. The van der Waals surface area contributed by atoms with Crippen molar-refractivity contribution in [2.75, 3.05) is 16.2 Å². The van der Waals surface area contributed by atoms with Gasteiger partial charge in [0.1, 0.15) is 6.54 Å². The van der Waals surface area contributed by atoms with Gasteiger partial charge in [-0.15, -0.1) is 0 Å². The number of para-hydroxylation sites is 1. The second kappa shape index (κ2) is 9.64. The van der Waals surface area contributed by atoms with Crippen LogP contribution in [0.25, 0.3) is 0 Å². The number of carbonyl (C=O) groups is 1. The standard InChI is InChI=1S/C22H20BrClN2O3S/c1-2-16-8-6-7-11-21(16)26(30(28,29)18-9-4-3-5-10-18)15-22(27)25-17-12-13-19(23)20(24)14-17/h3-14H,2,15H2,1H3,(H,25,27). The maximum atomic E-state index is 13.4. The zero-order chi connectivity index (χ0) is 21.7. The maximum Gasteiger partial charge on any atom is 0.264 e. The number of sulfonamides is 1. The van der Waals surface area contributed by atoms with Gasteiger partial charge in [-0.05, 0) is 64.3 Å². The molecular weight excluding hydrogens is 488 g/mol. The van der Waals surface area contributed by atoms with Crippen LogP contribution in [0.3, 0.4) is 0 Å². The fourth-order valence-electron chi connectivity index (χ4n) is 2.98. The SMILES string of the molecule is CCc1ccccc1N(CC(=O)Nc1ccc(Br)c(Cl)c1)S(=O)(=O)c1ccccc1. The van der Waals surface area contributed by atoms with E-state index in [1.807, 2.05) is 19.1 Å². The third-order valence-corrected chi connectivity index (χ3v) is 7.47. The Morgan fingerprint density at radius 1 is 1.03 bits per heavy atom. The maximum absolute atomic E-state index is 13.4. The molecule has 0 radical (unpaired) electrons. The first-order chi connectivity index (χ1) is 14.3. The molecule has 0 aliphatic heterocycles. The molecule has 0 aliphatic rings. The monoisotopic (exact) mass is 506 g/mol. The highest BCUT2D eigenvalue weighted by Gasteiger charge is 2.28. The number of amides is 1. The van der Waals surface area contributed by atoms with Crippen molar-refractivity contribution in [2.45, 2.75) is 18.2 Å².